The normalized spacial score (nSPS) is 44.5. The van der Waals surface area contributed by atoms with Gasteiger partial charge in [-0.3, -0.25) is 4.79 Å². The molecular weight excluding hydrogens is 124 g/mol. The molecule has 0 N–H and O–H groups in total. The van der Waals surface area contributed by atoms with Crippen molar-refractivity contribution < 1.29 is 4.79 Å². The summed E-state index contributed by atoms with van der Waals surface area (Å²) in [5, 5.41) is 0. The molecule has 1 heteroatoms. The average Bonchev–Trinajstić information content (AvgIpc) is 2.00. The highest BCUT2D eigenvalue weighted by atomic mass is 16.1. The van der Waals surface area contributed by atoms with Crippen molar-refractivity contribution >= 4 is 5.78 Å². The molecule has 3 aliphatic carbocycles. The van der Waals surface area contributed by atoms with Gasteiger partial charge in [0.25, 0.3) is 0 Å². The van der Waals surface area contributed by atoms with Crippen LogP contribution in [0.5, 0.6) is 0 Å². The Labute approximate surface area is 61.1 Å². The first kappa shape index (κ1) is 6.14. The fourth-order valence-electron chi connectivity index (χ4n) is 2.04. The van der Waals surface area contributed by atoms with Crippen molar-refractivity contribution in [2.45, 2.75) is 19.8 Å². The molecule has 1 nitrogen and oxygen atoms in total. The molecule has 54 valence electrons. The van der Waals surface area contributed by atoms with E-state index in [-0.39, 0.29) is 5.92 Å². The predicted molar refractivity (Wildman–Crippen MR) is 39.5 cm³/mol. The first-order valence-electron chi connectivity index (χ1n) is 4.01. The first-order chi connectivity index (χ1) is 4.79. The van der Waals surface area contributed by atoms with Crippen LogP contribution in [0.2, 0.25) is 0 Å². The minimum Gasteiger partial charge on any atom is -0.299 e. The topological polar surface area (TPSA) is 17.1 Å². The van der Waals surface area contributed by atoms with Crippen molar-refractivity contribution in [1.29, 1.82) is 0 Å². The summed E-state index contributed by atoms with van der Waals surface area (Å²) in [5.41, 5.74) is 0. The van der Waals surface area contributed by atoms with Crippen molar-refractivity contribution in [2.24, 2.45) is 17.8 Å². The van der Waals surface area contributed by atoms with E-state index in [1.54, 1.807) is 0 Å². The van der Waals surface area contributed by atoms with Crippen LogP contribution in [0.25, 0.3) is 0 Å². The maximum atomic E-state index is 11.3. The van der Waals surface area contributed by atoms with Crippen molar-refractivity contribution in [2.75, 3.05) is 0 Å². The lowest BCUT2D eigenvalue weighted by Gasteiger charge is -2.34. The third kappa shape index (κ3) is 0.664. The Hall–Kier alpha value is -0.590. The molecule has 0 aromatic carbocycles. The highest BCUT2D eigenvalue weighted by Crippen LogP contribution is 2.37. The summed E-state index contributed by atoms with van der Waals surface area (Å²) in [7, 11) is 0. The second-order valence-corrected chi connectivity index (χ2v) is 3.42. The van der Waals surface area contributed by atoms with E-state index >= 15 is 0 Å². The van der Waals surface area contributed by atoms with Gasteiger partial charge >= 0.3 is 0 Å². The molecule has 0 spiro atoms. The largest absolute Gasteiger partial charge is 0.299 e. The Balaban J connectivity index is 2.33. The van der Waals surface area contributed by atoms with Crippen LogP contribution in [0, 0.1) is 17.8 Å². The highest BCUT2D eigenvalue weighted by Gasteiger charge is 2.35. The summed E-state index contributed by atoms with van der Waals surface area (Å²) < 4.78 is 0. The van der Waals surface area contributed by atoms with E-state index in [4.69, 9.17) is 0 Å². The van der Waals surface area contributed by atoms with E-state index < -0.39 is 0 Å². The second kappa shape index (κ2) is 1.94. The maximum Gasteiger partial charge on any atom is 0.143 e. The van der Waals surface area contributed by atoms with E-state index in [1.807, 2.05) is 0 Å². The highest BCUT2D eigenvalue weighted by molar-refractivity contribution is 5.87. The van der Waals surface area contributed by atoms with Crippen molar-refractivity contribution in [3.8, 4) is 0 Å². The molecule has 0 aromatic heterocycles. The van der Waals surface area contributed by atoms with Crippen LogP contribution in [-0.2, 0) is 4.79 Å². The van der Waals surface area contributed by atoms with Gasteiger partial charge in [-0.25, -0.2) is 0 Å². The Kier molecular flexibility index (Phi) is 1.19. The zero-order chi connectivity index (χ0) is 7.14. The number of Topliss-reactive ketones (excluding diaryl/α,β-unsaturated/α-hetero) is 1. The Bertz CT molecular complexity index is 193. The molecule has 3 rings (SSSR count). The fraction of sp³-hybridized carbons (Fsp3) is 0.667. The Morgan fingerprint density at radius 3 is 2.50 bits per heavy atom. The molecular formula is C9H12O. The first-order valence-corrected chi connectivity index (χ1v) is 4.01. The second-order valence-electron chi connectivity index (χ2n) is 3.42. The Morgan fingerprint density at radius 2 is 2.20 bits per heavy atom. The summed E-state index contributed by atoms with van der Waals surface area (Å²) in [5.74, 6) is 1.62. The molecule has 3 atom stereocenters. The van der Waals surface area contributed by atoms with Crippen LogP contribution < -0.4 is 0 Å². The van der Waals surface area contributed by atoms with Crippen LogP contribution in [0.3, 0.4) is 0 Å². The lowest BCUT2D eigenvalue weighted by molar-refractivity contribution is -0.129. The molecule has 1 fully saturated rings. The number of carbonyl (C=O) groups excluding carboxylic acids is 1. The predicted octanol–water partition coefficient (Wildman–Crippen LogP) is 1.79. The quantitative estimate of drug-likeness (QED) is 0.464. The van der Waals surface area contributed by atoms with Crippen molar-refractivity contribution in [3.05, 3.63) is 12.2 Å². The van der Waals surface area contributed by atoms with Gasteiger partial charge in [-0.2, -0.15) is 0 Å². The lowest BCUT2D eigenvalue weighted by Crippen LogP contribution is -2.35. The number of ketones is 1. The Morgan fingerprint density at radius 1 is 1.40 bits per heavy atom. The van der Waals surface area contributed by atoms with E-state index in [0.29, 0.717) is 17.6 Å². The SMILES string of the molecule is CC1C(=O)C2C=CC1CC2. The van der Waals surface area contributed by atoms with Crippen LogP contribution in [0.15, 0.2) is 12.2 Å². The van der Waals surface area contributed by atoms with E-state index in [1.165, 1.54) is 6.42 Å². The minimum absolute atomic E-state index is 0.278. The van der Waals surface area contributed by atoms with Gasteiger partial charge in [0.05, 0.1) is 0 Å². The van der Waals surface area contributed by atoms with Crippen LogP contribution >= 0.6 is 0 Å². The summed E-state index contributed by atoms with van der Waals surface area (Å²) in [6.07, 6.45) is 6.65. The molecule has 0 aliphatic heterocycles. The zero-order valence-corrected chi connectivity index (χ0v) is 6.21. The summed E-state index contributed by atoms with van der Waals surface area (Å²) in [6.45, 7) is 2.06. The minimum atomic E-state index is 0.278. The lowest BCUT2D eigenvalue weighted by atomic mass is 9.69. The summed E-state index contributed by atoms with van der Waals surface area (Å²) in [6, 6.07) is 0. The number of rotatable bonds is 0. The molecule has 3 unspecified atom stereocenters. The van der Waals surface area contributed by atoms with E-state index in [0.717, 1.165) is 6.42 Å². The molecule has 0 radical (unpaired) electrons. The molecule has 1 saturated carbocycles. The number of hydrogen-bond acceptors (Lipinski definition) is 1. The van der Waals surface area contributed by atoms with Gasteiger partial charge in [-0.1, -0.05) is 19.1 Å². The van der Waals surface area contributed by atoms with Gasteiger partial charge in [-0.05, 0) is 18.8 Å². The van der Waals surface area contributed by atoms with Crippen LogP contribution in [0.4, 0.5) is 0 Å². The monoisotopic (exact) mass is 136 g/mol. The van der Waals surface area contributed by atoms with E-state index in [2.05, 4.69) is 19.1 Å². The summed E-state index contributed by atoms with van der Waals surface area (Å²) >= 11 is 0. The summed E-state index contributed by atoms with van der Waals surface area (Å²) in [4.78, 5) is 11.3. The third-order valence-corrected chi connectivity index (χ3v) is 2.86. The van der Waals surface area contributed by atoms with Crippen LogP contribution in [0.1, 0.15) is 19.8 Å². The van der Waals surface area contributed by atoms with Gasteiger partial charge in [0.2, 0.25) is 0 Å². The molecule has 0 saturated heterocycles. The molecule has 3 aliphatic rings. The molecule has 0 amide bonds. The number of hydrogen-bond donors (Lipinski definition) is 0. The molecule has 10 heavy (non-hydrogen) atoms. The van der Waals surface area contributed by atoms with Crippen molar-refractivity contribution in [1.82, 2.24) is 0 Å². The van der Waals surface area contributed by atoms with Gasteiger partial charge in [0.1, 0.15) is 5.78 Å². The van der Waals surface area contributed by atoms with E-state index in [9.17, 15) is 4.79 Å². The molecule has 0 heterocycles. The van der Waals surface area contributed by atoms with Crippen LogP contribution in [-0.4, -0.2) is 5.78 Å². The van der Waals surface area contributed by atoms with Gasteiger partial charge < -0.3 is 0 Å². The number of allylic oxidation sites excluding steroid dienone is 2. The van der Waals surface area contributed by atoms with Crippen molar-refractivity contribution in [3.63, 3.8) is 0 Å². The average molecular weight is 136 g/mol. The smallest absolute Gasteiger partial charge is 0.143 e. The van der Waals surface area contributed by atoms with Gasteiger partial charge in [0, 0.05) is 11.8 Å². The van der Waals surface area contributed by atoms with Gasteiger partial charge in [0.15, 0.2) is 0 Å². The molecule has 2 bridgehead atoms. The molecule has 0 aromatic rings. The third-order valence-electron chi connectivity index (χ3n) is 2.86. The standard InChI is InChI=1S/C9H12O/c1-6-7-2-4-8(5-3-7)9(6)10/h2,4,6-8H,3,5H2,1H3. The number of carbonyl (C=O) groups is 1. The fourth-order valence-corrected chi connectivity index (χ4v) is 2.04. The van der Waals surface area contributed by atoms with Gasteiger partial charge in [-0.15, -0.1) is 0 Å². The zero-order valence-electron chi connectivity index (χ0n) is 6.21. The number of fused-ring (bicyclic) bond motifs is 2. The maximum absolute atomic E-state index is 11.3.